The monoisotopic (exact) mass is 244 g/mol. The van der Waals surface area contributed by atoms with Crippen molar-refractivity contribution in [2.24, 2.45) is 5.73 Å². The van der Waals surface area contributed by atoms with E-state index in [0.717, 1.165) is 18.4 Å². The number of nitrogens with one attached hydrogen (secondary N) is 1. The Kier molecular flexibility index (Phi) is 5.96. The lowest BCUT2D eigenvalue weighted by Gasteiger charge is -2.14. The van der Waals surface area contributed by atoms with Crippen LogP contribution in [0, 0.1) is 12.3 Å². The summed E-state index contributed by atoms with van der Waals surface area (Å²) in [6, 6.07) is 7.28. The summed E-state index contributed by atoms with van der Waals surface area (Å²) in [6.45, 7) is 2.57. The van der Waals surface area contributed by atoms with Gasteiger partial charge in [0.1, 0.15) is 0 Å². The highest BCUT2D eigenvalue weighted by Gasteiger charge is 2.13. The zero-order valence-electron chi connectivity index (χ0n) is 10.8. The molecule has 0 aromatic heterocycles. The molecule has 1 rings (SSSR count). The van der Waals surface area contributed by atoms with Crippen LogP contribution in [0.4, 0.5) is 0 Å². The summed E-state index contributed by atoms with van der Waals surface area (Å²) in [7, 11) is 0. The molecule has 1 amide bonds. The van der Waals surface area contributed by atoms with Crippen LogP contribution in [0.1, 0.15) is 35.7 Å². The van der Waals surface area contributed by atoms with E-state index in [1.165, 1.54) is 0 Å². The van der Waals surface area contributed by atoms with Gasteiger partial charge in [0.15, 0.2) is 0 Å². The Bertz CT molecular complexity index is 434. The minimum absolute atomic E-state index is 0.115. The molecule has 0 aliphatic heterocycles. The fraction of sp³-hybridized carbons (Fsp3) is 0.400. The zero-order valence-corrected chi connectivity index (χ0v) is 10.8. The Morgan fingerprint density at radius 3 is 2.83 bits per heavy atom. The van der Waals surface area contributed by atoms with Crippen molar-refractivity contribution >= 4 is 5.91 Å². The second kappa shape index (κ2) is 7.52. The van der Waals surface area contributed by atoms with E-state index in [1.54, 1.807) is 6.07 Å². The molecule has 0 radical (unpaired) electrons. The SMILES string of the molecule is C#CC(CCC)NC(=O)c1ccccc1CCN. The molecule has 18 heavy (non-hydrogen) atoms. The molecule has 96 valence electrons. The van der Waals surface area contributed by atoms with Gasteiger partial charge in [-0.15, -0.1) is 6.42 Å². The lowest BCUT2D eigenvalue weighted by Crippen LogP contribution is -2.34. The van der Waals surface area contributed by atoms with Gasteiger partial charge in [-0.25, -0.2) is 0 Å². The lowest BCUT2D eigenvalue weighted by atomic mass is 10.0. The molecule has 0 spiro atoms. The molecule has 0 saturated heterocycles. The molecule has 0 aliphatic carbocycles. The molecule has 0 aliphatic rings. The quantitative estimate of drug-likeness (QED) is 0.749. The van der Waals surface area contributed by atoms with Crippen LogP contribution in [0.2, 0.25) is 0 Å². The first-order valence-electron chi connectivity index (χ1n) is 6.27. The second-order valence-electron chi connectivity index (χ2n) is 4.18. The van der Waals surface area contributed by atoms with Crippen LogP contribution in [0.25, 0.3) is 0 Å². The van der Waals surface area contributed by atoms with Gasteiger partial charge in [0, 0.05) is 5.56 Å². The number of benzene rings is 1. The predicted molar refractivity (Wildman–Crippen MR) is 74.2 cm³/mol. The van der Waals surface area contributed by atoms with E-state index in [2.05, 4.69) is 11.2 Å². The van der Waals surface area contributed by atoms with E-state index >= 15 is 0 Å². The highest BCUT2D eigenvalue weighted by molar-refractivity contribution is 5.96. The minimum atomic E-state index is -0.201. The van der Waals surface area contributed by atoms with Crippen LogP contribution in [-0.4, -0.2) is 18.5 Å². The van der Waals surface area contributed by atoms with Gasteiger partial charge in [-0.2, -0.15) is 0 Å². The molecule has 0 heterocycles. The summed E-state index contributed by atoms with van der Waals surface area (Å²) in [4.78, 5) is 12.1. The van der Waals surface area contributed by atoms with Crippen LogP contribution >= 0.6 is 0 Å². The number of amides is 1. The van der Waals surface area contributed by atoms with Gasteiger partial charge in [-0.3, -0.25) is 4.79 Å². The minimum Gasteiger partial charge on any atom is -0.338 e. The molecule has 3 heteroatoms. The summed E-state index contributed by atoms with van der Waals surface area (Å²) in [5, 5.41) is 2.87. The highest BCUT2D eigenvalue weighted by atomic mass is 16.1. The van der Waals surface area contributed by atoms with Crippen molar-refractivity contribution < 1.29 is 4.79 Å². The molecule has 3 N–H and O–H groups in total. The van der Waals surface area contributed by atoms with Crippen LogP contribution in [0.15, 0.2) is 24.3 Å². The summed E-state index contributed by atoms with van der Waals surface area (Å²) < 4.78 is 0. The Hall–Kier alpha value is -1.79. The summed E-state index contributed by atoms with van der Waals surface area (Å²) >= 11 is 0. The van der Waals surface area contributed by atoms with Gasteiger partial charge in [0.05, 0.1) is 6.04 Å². The van der Waals surface area contributed by atoms with E-state index in [9.17, 15) is 4.79 Å². The summed E-state index contributed by atoms with van der Waals surface area (Å²) in [5.74, 6) is 2.48. The number of carbonyl (C=O) groups excluding carboxylic acids is 1. The van der Waals surface area contributed by atoms with Crippen molar-refractivity contribution in [2.45, 2.75) is 32.2 Å². The third kappa shape index (κ3) is 3.90. The highest BCUT2D eigenvalue weighted by Crippen LogP contribution is 2.10. The Labute approximate surface area is 109 Å². The molecular weight excluding hydrogens is 224 g/mol. The maximum Gasteiger partial charge on any atom is 0.252 e. The lowest BCUT2D eigenvalue weighted by molar-refractivity contribution is 0.0943. The molecule has 1 unspecified atom stereocenters. The van der Waals surface area contributed by atoms with E-state index in [4.69, 9.17) is 12.2 Å². The fourth-order valence-electron chi connectivity index (χ4n) is 1.84. The topological polar surface area (TPSA) is 55.1 Å². The molecule has 1 atom stereocenters. The first kappa shape index (κ1) is 14.3. The normalized spacial score (nSPS) is 11.6. The summed E-state index contributed by atoms with van der Waals surface area (Å²) in [5.41, 5.74) is 7.17. The van der Waals surface area contributed by atoms with E-state index < -0.39 is 0 Å². The van der Waals surface area contributed by atoms with Crippen molar-refractivity contribution in [3.05, 3.63) is 35.4 Å². The van der Waals surface area contributed by atoms with Gasteiger partial charge >= 0.3 is 0 Å². The van der Waals surface area contributed by atoms with Crippen molar-refractivity contribution in [3.8, 4) is 12.3 Å². The number of hydrogen-bond acceptors (Lipinski definition) is 2. The van der Waals surface area contributed by atoms with Crippen LogP contribution in [-0.2, 0) is 6.42 Å². The van der Waals surface area contributed by atoms with Gasteiger partial charge in [-0.1, -0.05) is 37.5 Å². The number of carbonyl (C=O) groups is 1. The first-order chi connectivity index (χ1) is 8.72. The van der Waals surface area contributed by atoms with Gasteiger partial charge in [0.25, 0.3) is 5.91 Å². The maximum atomic E-state index is 12.1. The van der Waals surface area contributed by atoms with Crippen molar-refractivity contribution in [2.75, 3.05) is 6.54 Å². The number of terminal acetylenes is 1. The third-order valence-electron chi connectivity index (χ3n) is 2.76. The average Bonchev–Trinajstić information content (AvgIpc) is 2.39. The molecule has 0 saturated carbocycles. The smallest absolute Gasteiger partial charge is 0.252 e. The van der Waals surface area contributed by atoms with Gasteiger partial charge in [0.2, 0.25) is 0 Å². The fourth-order valence-corrected chi connectivity index (χ4v) is 1.84. The van der Waals surface area contributed by atoms with Crippen LogP contribution in [0.5, 0.6) is 0 Å². The Morgan fingerprint density at radius 1 is 1.50 bits per heavy atom. The van der Waals surface area contributed by atoms with Crippen molar-refractivity contribution in [1.29, 1.82) is 0 Å². The van der Waals surface area contributed by atoms with Crippen LogP contribution in [0.3, 0.4) is 0 Å². The van der Waals surface area contributed by atoms with Crippen LogP contribution < -0.4 is 11.1 Å². The Morgan fingerprint density at radius 2 is 2.22 bits per heavy atom. The number of rotatable bonds is 6. The number of hydrogen-bond donors (Lipinski definition) is 2. The van der Waals surface area contributed by atoms with E-state index in [-0.39, 0.29) is 11.9 Å². The van der Waals surface area contributed by atoms with E-state index in [1.807, 2.05) is 25.1 Å². The first-order valence-corrected chi connectivity index (χ1v) is 6.27. The zero-order chi connectivity index (χ0) is 13.4. The Balaban J connectivity index is 2.80. The largest absolute Gasteiger partial charge is 0.338 e. The number of nitrogens with two attached hydrogens (primary N) is 1. The van der Waals surface area contributed by atoms with E-state index in [0.29, 0.717) is 18.5 Å². The molecular formula is C15H20N2O. The van der Waals surface area contributed by atoms with Crippen molar-refractivity contribution in [3.63, 3.8) is 0 Å². The second-order valence-corrected chi connectivity index (χ2v) is 4.18. The van der Waals surface area contributed by atoms with Gasteiger partial charge < -0.3 is 11.1 Å². The van der Waals surface area contributed by atoms with Crippen molar-refractivity contribution in [1.82, 2.24) is 5.32 Å². The maximum absolute atomic E-state index is 12.1. The molecule has 1 aromatic carbocycles. The standard InChI is InChI=1S/C15H20N2O/c1-3-7-13(4-2)17-15(18)14-9-6-5-8-12(14)10-11-16/h2,5-6,8-9,13H,3,7,10-11,16H2,1H3,(H,17,18). The molecule has 0 fully saturated rings. The summed E-state index contributed by atoms with van der Waals surface area (Å²) in [6.07, 6.45) is 7.83. The third-order valence-corrected chi connectivity index (χ3v) is 2.76. The molecule has 0 bridgehead atoms. The predicted octanol–water partition coefficient (Wildman–Crippen LogP) is 1.72. The molecule has 1 aromatic rings. The average molecular weight is 244 g/mol. The molecule has 3 nitrogen and oxygen atoms in total. The van der Waals surface area contributed by atoms with Gasteiger partial charge in [-0.05, 0) is 31.0 Å².